The Kier molecular flexibility index (Phi) is 8.53. The topological polar surface area (TPSA) is 0 Å². The summed E-state index contributed by atoms with van der Waals surface area (Å²) in [4.78, 5) is 0. The molecule has 0 fully saturated rings. The van der Waals surface area contributed by atoms with Gasteiger partial charge in [-0.05, 0) is 0 Å². The van der Waals surface area contributed by atoms with Crippen LogP contribution in [0.1, 0.15) is 41.5 Å². The molecule has 0 heterocycles. The number of rotatable bonds is 6. The van der Waals surface area contributed by atoms with Crippen LogP contribution in [-0.2, 0) is 0 Å². The molecule has 0 bridgehead atoms. The molecule has 1 heteroatoms. The average molecular weight is 249 g/mol. The fraction of sp³-hybridized carbons (Fsp3) is 1.00. The zero-order chi connectivity index (χ0) is 7.82. The van der Waals surface area contributed by atoms with Crippen LogP contribution in [0.25, 0.3) is 0 Å². The summed E-state index contributed by atoms with van der Waals surface area (Å²) < 4.78 is 4.93. The summed E-state index contributed by atoms with van der Waals surface area (Å²) >= 11 is -0.759. The molecule has 0 aromatic heterocycles. The third kappa shape index (κ3) is 5.57. The Labute approximate surface area is 74.6 Å². The van der Waals surface area contributed by atoms with Crippen molar-refractivity contribution in [2.45, 2.75) is 53.3 Å². The monoisotopic (exact) mass is 250 g/mol. The van der Waals surface area contributed by atoms with Gasteiger partial charge >= 0.3 is 73.1 Å². The Morgan fingerprint density at radius 3 is 1.30 bits per heavy atom. The average Bonchev–Trinajstić information content (AvgIpc) is 1.90. The van der Waals surface area contributed by atoms with E-state index in [4.69, 9.17) is 0 Å². The Morgan fingerprint density at radius 2 is 1.10 bits per heavy atom. The van der Waals surface area contributed by atoms with Crippen LogP contribution in [0.4, 0.5) is 0 Å². The molecule has 0 saturated heterocycles. The summed E-state index contributed by atoms with van der Waals surface area (Å²) in [5.41, 5.74) is 0. The zero-order valence-corrected chi connectivity index (χ0v) is 10.6. The van der Waals surface area contributed by atoms with Crippen molar-refractivity contribution >= 4 is 19.8 Å². The van der Waals surface area contributed by atoms with Gasteiger partial charge in [0.15, 0.2) is 0 Å². The Morgan fingerprint density at radius 1 is 0.800 bits per heavy atom. The summed E-state index contributed by atoms with van der Waals surface area (Å²) in [6, 6.07) is 0. The largest absolute Gasteiger partial charge is 1.00 e. The smallest absolute Gasteiger partial charge is 1.00 e. The van der Waals surface area contributed by atoms with Gasteiger partial charge in [0, 0.05) is 0 Å². The second-order valence-corrected chi connectivity index (χ2v) is 11.6. The third-order valence-corrected chi connectivity index (χ3v) is 12.1. The van der Waals surface area contributed by atoms with E-state index in [9.17, 15) is 0 Å². The van der Waals surface area contributed by atoms with Crippen molar-refractivity contribution in [2.75, 3.05) is 0 Å². The van der Waals surface area contributed by atoms with Gasteiger partial charge in [-0.25, -0.2) is 0 Å². The van der Waals surface area contributed by atoms with Crippen molar-refractivity contribution in [1.29, 1.82) is 0 Å². The fourth-order valence-corrected chi connectivity index (χ4v) is 9.63. The van der Waals surface area contributed by atoms with E-state index in [1.54, 1.807) is 13.3 Å². The minimum atomic E-state index is -0.759. The molecule has 0 aliphatic rings. The van der Waals surface area contributed by atoms with Gasteiger partial charge in [0.05, 0.1) is 0 Å². The first-order valence-corrected chi connectivity index (χ1v) is 10.7. The van der Waals surface area contributed by atoms with Gasteiger partial charge in [-0.1, -0.05) is 0 Å². The number of hydrogen-bond donors (Lipinski definition) is 0. The minimum absolute atomic E-state index is 0. The van der Waals surface area contributed by atoms with Crippen molar-refractivity contribution in [3.8, 4) is 0 Å². The molecule has 0 aromatic carbocycles. The van der Waals surface area contributed by atoms with Gasteiger partial charge < -0.3 is 1.43 Å². The predicted octanol–water partition coefficient (Wildman–Crippen LogP) is 3.82. The van der Waals surface area contributed by atoms with Gasteiger partial charge in [0.1, 0.15) is 0 Å². The molecule has 0 aliphatic carbocycles. The minimum Gasteiger partial charge on any atom is -1.00 e. The molecule has 0 nitrogen and oxygen atoms in total. The zero-order valence-electron chi connectivity index (χ0n) is 8.74. The van der Waals surface area contributed by atoms with Crippen LogP contribution in [0.15, 0.2) is 0 Å². The molecule has 63 valence electrons. The van der Waals surface area contributed by atoms with E-state index in [-0.39, 0.29) is 1.43 Å². The van der Waals surface area contributed by atoms with Crippen LogP contribution in [0.5, 0.6) is 0 Å². The molecule has 0 saturated carbocycles. The molecule has 0 atom stereocenters. The van der Waals surface area contributed by atoms with E-state index in [0.717, 1.165) is 0 Å². The van der Waals surface area contributed by atoms with E-state index in [1.807, 2.05) is 0 Å². The molecule has 1 radical (unpaired) electrons. The maximum absolute atomic E-state index is 2.34. The maximum Gasteiger partial charge on any atom is -1.00 e. The number of hydrogen-bond acceptors (Lipinski definition) is 0. The van der Waals surface area contributed by atoms with Crippen LogP contribution < -0.4 is 0 Å². The Hall–Kier alpha value is 0.799. The summed E-state index contributed by atoms with van der Waals surface area (Å²) in [5, 5.41) is 0. The van der Waals surface area contributed by atoms with Gasteiger partial charge in [-0.15, -0.1) is 0 Å². The molecule has 0 rings (SSSR count). The Balaban J connectivity index is 0. The second-order valence-electron chi connectivity index (χ2n) is 3.00. The SMILES string of the molecule is CC[CH2][Sn]([CH2]CC)[CH2]CC.[H-]. The predicted molar refractivity (Wildman–Crippen MR) is 52.2 cm³/mol. The Bertz CT molecular complexity index is 52.3. The van der Waals surface area contributed by atoms with Crippen molar-refractivity contribution in [1.82, 2.24) is 0 Å². The summed E-state index contributed by atoms with van der Waals surface area (Å²) in [6.07, 6.45) is 4.36. The summed E-state index contributed by atoms with van der Waals surface area (Å²) in [7, 11) is 0. The van der Waals surface area contributed by atoms with Crippen molar-refractivity contribution < 1.29 is 1.43 Å². The standard InChI is InChI=1S/3C3H7.Sn.H/c3*1-3-2;;/h3*1,3H2,2H3;;/q;;;;-1. The first-order chi connectivity index (χ1) is 4.85. The van der Waals surface area contributed by atoms with E-state index in [0.29, 0.717) is 0 Å². The van der Waals surface area contributed by atoms with E-state index in [1.165, 1.54) is 19.3 Å². The van der Waals surface area contributed by atoms with Crippen molar-refractivity contribution in [3.63, 3.8) is 0 Å². The van der Waals surface area contributed by atoms with Gasteiger partial charge in [-0.3, -0.25) is 0 Å². The molecule has 0 aromatic rings. The third-order valence-electron chi connectivity index (χ3n) is 1.81. The normalized spacial score (nSPS) is 10.8. The maximum atomic E-state index is 2.34. The van der Waals surface area contributed by atoms with E-state index < -0.39 is 19.8 Å². The molecule has 0 aliphatic heterocycles. The van der Waals surface area contributed by atoms with Gasteiger partial charge in [0.2, 0.25) is 0 Å². The molecule has 0 unspecified atom stereocenters. The summed E-state index contributed by atoms with van der Waals surface area (Å²) in [5.74, 6) is 0. The van der Waals surface area contributed by atoms with Crippen LogP contribution in [0.2, 0.25) is 13.3 Å². The van der Waals surface area contributed by atoms with Crippen LogP contribution in [0, 0.1) is 0 Å². The quantitative estimate of drug-likeness (QED) is 0.627. The van der Waals surface area contributed by atoms with Crippen molar-refractivity contribution in [3.05, 3.63) is 0 Å². The second kappa shape index (κ2) is 7.90. The van der Waals surface area contributed by atoms with Crippen LogP contribution in [-0.4, -0.2) is 19.8 Å². The van der Waals surface area contributed by atoms with Crippen LogP contribution >= 0.6 is 0 Å². The molecule has 0 N–H and O–H groups in total. The van der Waals surface area contributed by atoms with Gasteiger partial charge in [-0.2, -0.15) is 0 Å². The first-order valence-electron chi connectivity index (χ1n) is 4.68. The molecule has 0 amide bonds. The molecular weight excluding hydrogens is 227 g/mol. The fourth-order valence-electron chi connectivity index (χ4n) is 1.44. The first kappa shape index (κ1) is 10.8. The molecule has 0 spiro atoms. The van der Waals surface area contributed by atoms with E-state index in [2.05, 4.69) is 20.8 Å². The van der Waals surface area contributed by atoms with Gasteiger partial charge in [0.25, 0.3) is 0 Å². The molecular formula is C9H22Sn-. The van der Waals surface area contributed by atoms with E-state index >= 15 is 0 Å². The summed E-state index contributed by atoms with van der Waals surface area (Å²) in [6.45, 7) is 7.02. The molecule has 10 heavy (non-hydrogen) atoms. The van der Waals surface area contributed by atoms with Crippen LogP contribution in [0.3, 0.4) is 0 Å². The van der Waals surface area contributed by atoms with Crippen molar-refractivity contribution in [2.24, 2.45) is 0 Å².